The molecule has 96 valence electrons. The third-order valence-corrected chi connectivity index (χ3v) is 2.76. The van der Waals surface area contributed by atoms with Crippen LogP contribution >= 0.6 is 0 Å². The molecule has 0 heterocycles. The molecule has 17 heavy (non-hydrogen) atoms. The first kappa shape index (κ1) is 14.0. The molecule has 1 aromatic carbocycles. The first-order chi connectivity index (χ1) is 8.36. The van der Waals surface area contributed by atoms with E-state index in [9.17, 15) is 0 Å². The summed E-state index contributed by atoms with van der Waals surface area (Å²) in [6.07, 6.45) is 3.51. The van der Waals surface area contributed by atoms with E-state index in [1.165, 1.54) is 18.4 Å². The fourth-order valence-corrected chi connectivity index (χ4v) is 1.72. The second kappa shape index (κ2) is 9.02. The van der Waals surface area contributed by atoms with Crippen molar-refractivity contribution in [3.63, 3.8) is 0 Å². The number of benzene rings is 1. The third-order valence-electron chi connectivity index (χ3n) is 2.76. The normalized spacial score (nSPS) is 10.5. The minimum atomic E-state index is 0.930. The molecule has 0 spiro atoms. The molecular formula is C14H24N2O. The number of nitrogens with one attached hydrogen (secondary N) is 2. The number of hydrogen-bond donors (Lipinski definition) is 2. The molecule has 0 aromatic heterocycles. The lowest BCUT2D eigenvalue weighted by atomic mass is 10.1. The smallest absolute Gasteiger partial charge is 0.118 e. The monoisotopic (exact) mass is 236 g/mol. The number of ether oxygens (including phenoxy) is 1. The Bertz CT molecular complexity index is 285. The fourth-order valence-electron chi connectivity index (χ4n) is 1.72. The molecule has 1 aromatic rings. The van der Waals surface area contributed by atoms with E-state index >= 15 is 0 Å². The zero-order valence-corrected chi connectivity index (χ0v) is 11.0. The first-order valence-corrected chi connectivity index (χ1v) is 6.35. The maximum Gasteiger partial charge on any atom is 0.118 e. The van der Waals surface area contributed by atoms with Crippen LogP contribution in [0.2, 0.25) is 0 Å². The molecule has 0 aliphatic carbocycles. The molecule has 0 saturated carbocycles. The van der Waals surface area contributed by atoms with Gasteiger partial charge in [-0.05, 0) is 63.6 Å². The Morgan fingerprint density at radius 2 is 1.71 bits per heavy atom. The van der Waals surface area contributed by atoms with Crippen LogP contribution in [0.1, 0.15) is 18.4 Å². The second-order valence-corrected chi connectivity index (χ2v) is 4.16. The summed E-state index contributed by atoms with van der Waals surface area (Å²) in [5, 5.41) is 6.59. The first-order valence-electron chi connectivity index (χ1n) is 6.35. The Labute approximate surface area is 105 Å². The molecular weight excluding hydrogens is 212 g/mol. The van der Waals surface area contributed by atoms with Gasteiger partial charge >= 0.3 is 0 Å². The molecule has 0 unspecified atom stereocenters. The Kier molecular flexibility index (Phi) is 7.43. The SMILES string of the molecule is CNCCCNCCCc1ccc(OC)cc1. The van der Waals surface area contributed by atoms with Crippen molar-refractivity contribution >= 4 is 0 Å². The van der Waals surface area contributed by atoms with Gasteiger partial charge < -0.3 is 15.4 Å². The van der Waals surface area contributed by atoms with Gasteiger partial charge in [-0.3, -0.25) is 0 Å². The molecule has 0 aliphatic heterocycles. The third kappa shape index (κ3) is 6.29. The van der Waals surface area contributed by atoms with Crippen molar-refractivity contribution < 1.29 is 4.74 Å². The Morgan fingerprint density at radius 1 is 1.00 bits per heavy atom. The molecule has 0 saturated heterocycles. The predicted octanol–water partition coefficient (Wildman–Crippen LogP) is 1.83. The summed E-state index contributed by atoms with van der Waals surface area (Å²) in [6, 6.07) is 8.32. The second-order valence-electron chi connectivity index (χ2n) is 4.16. The molecule has 0 atom stereocenters. The minimum Gasteiger partial charge on any atom is -0.497 e. The molecule has 0 aliphatic rings. The Hall–Kier alpha value is -1.06. The topological polar surface area (TPSA) is 33.3 Å². The average Bonchev–Trinajstić information content (AvgIpc) is 2.38. The standard InChI is InChI=1S/C14H24N2O/c1-15-10-4-12-16-11-3-5-13-6-8-14(17-2)9-7-13/h6-9,15-16H,3-5,10-12H2,1-2H3. The van der Waals surface area contributed by atoms with E-state index < -0.39 is 0 Å². The van der Waals surface area contributed by atoms with Crippen molar-refractivity contribution in [1.82, 2.24) is 10.6 Å². The van der Waals surface area contributed by atoms with Gasteiger partial charge in [0, 0.05) is 0 Å². The van der Waals surface area contributed by atoms with E-state index in [4.69, 9.17) is 4.74 Å². The summed E-state index contributed by atoms with van der Waals surface area (Å²) >= 11 is 0. The summed E-state index contributed by atoms with van der Waals surface area (Å²) in [4.78, 5) is 0. The number of rotatable bonds is 9. The maximum atomic E-state index is 5.13. The lowest BCUT2D eigenvalue weighted by Crippen LogP contribution is -2.21. The summed E-state index contributed by atoms with van der Waals surface area (Å²) in [6.45, 7) is 3.28. The van der Waals surface area contributed by atoms with E-state index in [1.807, 2.05) is 19.2 Å². The molecule has 3 nitrogen and oxygen atoms in total. The van der Waals surface area contributed by atoms with E-state index in [-0.39, 0.29) is 0 Å². The molecule has 2 N–H and O–H groups in total. The molecule has 0 amide bonds. The van der Waals surface area contributed by atoms with Crippen molar-refractivity contribution in [1.29, 1.82) is 0 Å². The zero-order chi connectivity index (χ0) is 12.3. The van der Waals surface area contributed by atoms with Gasteiger partial charge in [-0.1, -0.05) is 12.1 Å². The highest BCUT2D eigenvalue weighted by Crippen LogP contribution is 2.12. The largest absolute Gasteiger partial charge is 0.497 e. The number of aryl methyl sites for hydroxylation is 1. The lowest BCUT2D eigenvalue weighted by Gasteiger charge is -2.05. The maximum absolute atomic E-state index is 5.13. The highest BCUT2D eigenvalue weighted by molar-refractivity contribution is 5.27. The molecule has 0 fully saturated rings. The van der Waals surface area contributed by atoms with Crippen LogP contribution in [0.5, 0.6) is 5.75 Å². The van der Waals surface area contributed by atoms with Gasteiger partial charge in [0.1, 0.15) is 5.75 Å². The highest BCUT2D eigenvalue weighted by Gasteiger charge is 1.94. The van der Waals surface area contributed by atoms with Gasteiger partial charge in [0.2, 0.25) is 0 Å². The van der Waals surface area contributed by atoms with Crippen molar-refractivity contribution in [2.24, 2.45) is 0 Å². The average molecular weight is 236 g/mol. The van der Waals surface area contributed by atoms with Gasteiger partial charge in [-0.25, -0.2) is 0 Å². The Balaban J connectivity index is 2.05. The van der Waals surface area contributed by atoms with Crippen LogP contribution in [-0.4, -0.2) is 33.8 Å². The summed E-state index contributed by atoms with van der Waals surface area (Å²) in [5.41, 5.74) is 1.38. The van der Waals surface area contributed by atoms with E-state index in [1.54, 1.807) is 7.11 Å². The van der Waals surface area contributed by atoms with Gasteiger partial charge in [0.15, 0.2) is 0 Å². The van der Waals surface area contributed by atoms with Gasteiger partial charge in [-0.2, -0.15) is 0 Å². The van der Waals surface area contributed by atoms with Crippen LogP contribution in [0.15, 0.2) is 24.3 Å². The van der Waals surface area contributed by atoms with E-state index in [0.717, 1.165) is 31.8 Å². The molecule has 3 heteroatoms. The fraction of sp³-hybridized carbons (Fsp3) is 0.571. The van der Waals surface area contributed by atoms with Crippen LogP contribution in [0.25, 0.3) is 0 Å². The quantitative estimate of drug-likeness (QED) is 0.642. The van der Waals surface area contributed by atoms with Crippen molar-refractivity contribution in [2.75, 3.05) is 33.8 Å². The molecule has 1 rings (SSSR count). The van der Waals surface area contributed by atoms with Crippen LogP contribution in [0.4, 0.5) is 0 Å². The van der Waals surface area contributed by atoms with E-state index in [2.05, 4.69) is 22.8 Å². The lowest BCUT2D eigenvalue weighted by molar-refractivity contribution is 0.414. The zero-order valence-electron chi connectivity index (χ0n) is 11.0. The molecule has 0 radical (unpaired) electrons. The predicted molar refractivity (Wildman–Crippen MR) is 72.7 cm³/mol. The van der Waals surface area contributed by atoms with Crippen LogP contribution in [0, 0.1) is 0 Å². The Morgan fingerprint density at radius 3 is 2.35 bits per heavy atom. The number of methoxy groups -OCH3 is 1. The van der Waals surface area contributed by atoms with E-state index in [0.29, 0.717) is 0 Å². The van der Waals surface area contributed by atoms with Gasteiger partial charge in [0.05, 0.1) is 7.11 Å². The van der Waals surface area contributed by atoms with Crippen LogP contribution in [-0.2, 0) is 6.42 Å². The highest BCUT2D eigenvalue weighted by atomic mass is 16.5. The van der Waals surface area contributed by atoms with Crippen LogP contribution < -0.4 is 15.4 Å². The van der Waals surface area contributed by atoms with Crippen LogP contribution in [0.3, 0.4) is 0 Å². The van der Waals surface area contributed by atoms with Crippen molar-refractivity contribution in [3.8, 4) is 5.75 Å². The van der Waals surface area contributed by atoms with Crippen molar-refractivity contribution in [2.45, 2.75) is 19.3 Å². The summed E-state index contributed by atoms with van der Waals surface area (Å²) in [7, 11) is 3.69. The van der Waals surface area contributed by atoms with Gasteiger partial charge in [0.25, 0.3) is 0 Å². The molecule has 0 bridgehead atoms. The summed E-state index contributed by atoms with van der Waals surface area (Å²) < 4.78 is 5.13. The minimum absolute atomic E-state index is 0.930. The van der Waals surface area contributed by atoms with Crippen molar-refractivity contribution in [3.05, 3.63) is 29.8 Å². The van der Waals surface area contributed by atoms with Gasteiger partial charge in [-0.15, -0.1) is 0 Å². The summed E-state index contributed by atoms with van der Waals surface area (Å²) in [5.74, 6) is 0.930. The number of hydrogen-bond acceptors (Lipinski definition) is 3.